The largest absolute Gasteiger partial charge is 0.480 e. The van der Waals surface area contributed by atoms with Gasteiger partial charge in [-0.05, 0) is 13.0 Å². The number of aromatic nitrogens is 1. The molecule has 0 aliphatic rings. The van der Waals surface area contributed by atoms with Crippen LogP contribution in [0.4, 0.5) is 5.69 Å². The topological polar surface area (TPSA) is 91.6 Å². The number of nitro groups is 1. The summed E-state index contributed by atoms with van der Waals surface area (Å²) < 4.78 is 10.2. The van der Waals surface area contributed by atoms with E-state index in [4.69, 9.17) is 4.74 Å². The molecule has 3 rings (SSSR count). The second-order valence-electron chi connectivity index (χ2n) is 5.73. The normalized spacial score (nSPS) is 10.4. The van der Waals surface area contributed by atoms with E-state index in [1.54, 1.807) is 0 Å². The van der Waals surface area contributed by atoms with E-state index in [0.717, 1.165) is 16.1 Å². The lowest BCUT2D eigenvalue weighted by Gasteiger charge is -2.07. The summed E-state index contributed by atoms with van der Waals surface area (Å²) in [6.07, 6.45) is 0. The van der Waals surface area contributed by atoms with Crippen molar-refractivity contribution in [3.63, 3.8) is 0 Å². The van der Waals surface area contributed by atoms with Crippen molar-refractivity contribution in [1.82, 2.24) is 4.98 Å². The smallest absolute Gasteiger partial charge is 0.337 e. The fourth-order valence-electron chi connectivity index (χ4n) is 2.38. The van der Waals surface area contributed by atoms with Crippen molar-refractivity contribution in [2.24, 2.45) is 0 Å². The number of hydrogen-bond donors (Lipinski definition) is 0. The molecule has 0 spiro atoms. The third-order valence-corrected chi connectivity index (χ3v) is 4.74. The highest BCUT2D eigenvalue weighted by molar-refractivity contribution is 7.13. The lowest BCUT2D eigenvalue weighted by molar-refractivity contribution is -0.385. The molecule has 0 unspecified atom stereocenters. The quantitative estimate of drug-likeness (QED) is 0.355. The third-order valence-electron chi connectivity index (χ3n) is 3.80. The standard InChI is InChI=1S/C19H16N2O5S/c1-12-3-5-13(6-4-12)18-20-15(11-27-18)10-26-17-9-14(19(22)25-2)7-8-16(17)21(23)24/h3-9,11H,10H2,1-2H3. The van der Waals surface area contributed by atoms with Crippen molar-refractivity contribution in [3.05, 3.63) is 74.8 Å². The minimum absolute atomic E-state index is 0.00668. The average Bonchev–Trinajstić information content (AvgIpc) is 3.15. The van der Waals surface area contributed by atoms with Gasteiger partial charge in [0.05, 0.1) is 23.3 Å². The molecule has 1 heterocycles. The van der Waals surface area contributed by atoms with Crippen molar-refractivity contribution in [2.45, 2.75) is 13.5 Å². The summed E-state index contributed by atoms with van der Waals surface area (Å²) >= 11 is 1.47. The molecule has 7 nitrogen and oxygen atoms in total. The summed E-state index contributed by atoms with van der Waals surface area (Å²) in [5, 5.41) is 13.9. The van der Waals surface area contributed by atoms with E-state index in [0.29, 0.717) is 5.69 Å². The van der Waals surface area contributed by atoms with Gasteiger partial charge in [-0.3, -0.25) is 10.1 Å². The zero-order valence-electron chi connectivity index (χ0n) is 14.7. The van der Waals surface area contributed by atoms with Crippen LogP contribution >= 0.6 is 11.3 Å². The number of rotatable bonds is 6. The van der Waals surface area contributed by atoms with Crippen LogP contribution in [0, 0.1) is 17.0 Å². The SMILES string of the molecule is COC(=O)c1ccc([N+](=O)[O-])c(OCc2csc(-c3ccc(C)cc3)n2)c1. The molecule has 27 heavy (non-hydrogen) atoms. The monoisotopic (exact) mass is 384 g/mol. The maximum absolute atomic E-state index is 11.6. The van der Waals surface area contributed by atoms with Gasteiger partial charge in [0.15, 0.2) is 5.75 Å². The lowest BCUT2D eigenvalue weighted by Crippen LogP contribution is -2.04. The number of carbonyl (C=O) groups excluding carboxylic acids is 1. The number of carbonyl (C=O) groups is 1. The van der Waals surface area contributed by atoms with Crippen molar-refractivity contribution in [2.75, 3.05) is 7.11 Å². The molecule has 8 heteroatoms. The number of hydrogen-bond acceptors (Lipinski definition) is 7. The zero-order valence-corrected chi connectivity index (χ0v) is 15.5. The molecule has 0 N–H and O–H groups in total. The number of nitro benzene ring substituents is 1. The van der Waals surface area contributed by atoms with E-state index in [2.05, 4.69) is 9.72 Å². The van der Waals surface area contributed by atoms with Crippen LogP contribution in [0.5, 0.6) is 5.75 Å². The Hall–Kier alpha value is -3.26. The Kier molecular flexibility index (Phi) is 5.46. The van der Waals surface area contributed by atoms with Gasteiger partial charge >= 0.3 is 11.7 Å². The zero-order chi connectivity index (χ0) is 19.4. The van der Waals surface area contributed by atoms with Crippen LogP contribution in [-0.4, -0.2) is 23.0 Å². The van der Waals surface area contributed by atoms with E-state index >= 15 is 0 Å². The van der Waals surface area contributed by atoms with Gasteiger partial charge in [-0.25, -0.2) is 9.78 Å². The number of esters is 1. The molecule has 0 radical (unpaired) electrons. The van der Waals surface area contributed by atoms with Gasteiger partial charge in [-0.1, -0.05) is 29.8 Å². The first-order valence-electron chi connectivity index (χ1n) is 7.99. The van der Waals surface area contributed by atoms with Gasteiger partial charge in [0.25, 0.3) is 0 Å². The first kappa shape index (κ1) is 18.5. The Balaban J connectivity index is 1.79. The molecule has 1 aromatic heterocycles. The maximum Gasteiger partial charge on any atom is 0.337 e. The number of ether oxygens (including phenoxy) is 2. The Bertz CT molecular complexity index is 982. The number of aryl methyl sites for hydroxylation is 1. The Morgan fingerprint density at radius 2 is 1.96 bits per heavy atom. The first-order chi connectivity index (χ1) is 13.0. The second kappa shape index (κ2) is 7.96. The van der Waals surface area contributed by atoms with Crippen LogP contribution < -0.4 is 4.74 Å². The molecular weight excluding hydrogens is 368 g/mol. The van der Waals surface area contributed by atoms with Gasteiger partial charge in [0, 0.05) is 23.1 Å². The predicted octanol–water partition coefficient (Wildman–Crippen LogP) is 4.39. The Morgan fingerprint density at radius 3 is 2.63 bits per heavy atom. The Labute approximate surface area is 159 Å². The number of thiazole rings is 1. The fraction of sp³-hybridized carbons (Fsp3) is 0.158. The van der Waals surface area contributed by atoms with Crippen LogP contribution in [0.2, 0.25) is 0 Å². The molecule has 0 aliphatic carbocycles. The van der Waals surface area contributed by atoms with Crippen LogP contribution in [-0.2, 0) is 11.3 Å². The number of nitrogens with zero attached hydrogens (tertiary/aromatic N) is 2. The molecule has 138 valence electrons. The maximum atomic E-state index is 11.6. The molecule has 0 aliphatic heterocycles. The summed E-state index contributed by atoms with van der Waals surface area (Å²) in [6.45, 7) is 2.06. The molecule has 0 bridgehead atoms. The minimum Gasteiger partial charge on any atom is -0.480 e. The van der Waals surface area contributed by atoms with Crippen molar-refractivity contribution >= 4 is 23.0 Å². The molecular formula is C19H16N2O5S. The fourth-order valence-corrected chi connectivity index (χ4v) is 3.19. The highest BCUT2D eigenvalue weighted by Gasteiger charge is 2.19. The van der Waals surface area contributed by atoms with Crippen molar-refractivity contribution in [1.29, 1.82) is 0 Å². The summed E-state index contributed by atoms with van der Waals surface area (Å²) in [7, 11) is 1.24. The van der Waals surface area contributed by atoms with Crippen LogP contribution in [0.25, 0.3) is 10.6 Å². The van der Waals surface area contributed by atoms with Crippen LogP contribution in [0.1, 0.15) is 21.6 Å². The van der Waals surface area contributed by atoms with Gasteiger partial charge in [0.2, 0.25) is 0 Å². The van der Waals surface area contributed by atoms with E-state index < -0.39 is 10.9 Å². The highest BCUT2D eigenvalue weighted by Crippen LogP contribution is 2.30. The summed E-state index contributed by atoms with van der Waals surface area (Å²) in [5.74, 6) is -0.599. The van der Waals surface area contributed by atoms with E-state index in [1.165, 1.54) is 36.6 Å². The van der Waals surface area contributed by atoms with E-state index in [9.17, 15) is 14.9 Å². The molecule has 0 fully saturated rings. The van der Waals surface area contributed by atoms with E-state index in [-0.39, 0.29) is 23.6 Å². The predicted molar refractivity (Wildman–Crippen MR) is 101 cm³/mol. The third kappa shape index (κ3) is 4.29. The summed E-state index contributed by atoms with van der Waals surface area (Å²) in [6, 6.07) is 11.9. The molecule has 0 amide bonds. The first-order valence-corrected chi connectivity index (χ1v) is 8.87. The van der Waals surface area contributed by atoms with Crippen molar-refractivity contribution < 1.29 is 19.2 Å². The minimum atomic E-state index is -0.593. The lowest BCUT2D eigenvalue weighted by atomic mass is 10.2. The van der Waals surface area contributed by atoms with Crippen LogP contribution in [0.3, 0.4) is 0 Å². The second-order valence-corrected chi connectivity index (χ2v) is 6.59. The van der Waals surface area contributed by atoms with Gasteiger partial charge in [-0.2, -0.15) is 0 Å². The molecule has 3 aromatic rings. The number of benzene rings is 2. The molecule has 0 atom stereocenters. The highest BCUT2D eigenvalue weighted by atomic mass is 32.1. The van der Waals surface area contributed by atoms with E-state index in [1.807, 2.05) is 36.6 Å². The van der Waals surface area contributed by atoms with Crippen molar-refractivity contribution in [3.8, 4) is 16.3 Å². The number of methoxy groups -OCH3 is 1. The molecule has 2 aromatic carbocycles. The Morgan fingerprint density at radius 1 is 1.22 bits per heavy atom. The van der Waals surface area contributed by atoms with Gasteiger partial charge in [-0.15, -0.1) is 11.3 Å². The molecule has 0 saturated carbocycles. The summed E-state index contributed by atoms with van der Waals surface area (Å²) in [5.41, 5.74) is 2.76. The van der Waals surface area contributed by atoms with Gasteiger partial charge in [0.1, 0.15) is 11.6 Å². The average molecular weight is 384 g/mol. The molecule has 0 saturated heterocycles. The van der Waals surface area contributed by atoms with Gasteiger partial charge < -0.3 is 9.47 Å². The van der Waals surface area contributed by atoms with Crippen LogP contribution in [0.15, 0.2) is 47.8 Å². The summed E-state index contributed by atoms with van der Waals surface area (Å²) in [4.78, 5) is 26.8.